The first-order valence-electron chi connectivity index (χ1n) is 5.29. The molecular weight excluding hydrogens is 235 g/mol. The lowest BCUT2D eigenvalue weighted by molar-refractivity contribution is -0.209. The molecule has 0 saturated carbocycles. The molecule has 6 heteroatoms. The van der Waals surface area contributed by atoms with Crippen LogP contribution >= 0.6 is 0 Å². The van der Waals surface area contributed by atoms with Crippen LogP contribution in [0.15, 0.2) is 60.7 Å². The summed E-state index contributed by atoms with van der Waals surface area (Å²) in [5, 5.41) is 9.28. The van der Waals surface area contributed by atoms with E-state index in [0.717, 1.165) is 0 Å². The highest BCUT2D eigenvalue weighted by Gasteiger charge is 2.21. The Hall–Kier alpha value is -2.02. The summed E-state index contributed by atoms with van der Waals surface area (Å²) in [6.45, 7) is 0. The lowest BCUT2D eigenvalue weighted by Gasteiger charge is -2.08. The summed E-state index contributed by atoms with van der Waals surface area (Å²) in [5.41, 5.74) is 0. The van der Waals surface area contributed by atoms with Crippen LogP contribution in [0.1, 0.15) is 0 Å². The fraction of sp³-hybridized carbons (Fsp3) is 0. The van der Waals surface area contributed by atoms with Crippen LogP contribution in [0.4, 0.5) is 0 Å². The van der Waals surface area contributed by atoms with Gasteiger partial charge in [0.05, 0.1) is 0 Å². The van der Waals surface area contributed by atoms with Gasteiger partial charge in [0.1, 0.15) is 0 Å². The third-order valence-electron chi connectivity index (χ3n) is 1.94. The first kappa shape index (κ1) is 12.4. The summed E-state index contributed by atoms with van der Waals surface area (Å²) in [6, 6.07) is 17.4. The molecule has 0 aliphatic carbocycles. The van der Waals surface area contributed by atoms with Crippen molar-refractivity contribution in [3.8, 4) is 11.5 Å². The van der Waals surface area contributed by atoms with Gasteiger partial charge in [0, 0.05) is 0 Å². The molecule has 0 spiro atoms. The predicted molar refractivity (Wildman–Crippen MR) is 64.3 cm³/mol. The minimum Gasteiger partial charge on any atom is -0.398 e. The first-order valence-corrected chi connectivity index (χ1v) is 5.29. The maximum absolute atomic E-state index is 9.28. The van der Waals surface area contributed by atoms with Crippen LogP contribution in [0.25, 0.3) is 0 Å². The summed E-state index contributed by atoms with van der Waals surface area (Å²) in [6.07, 6.45) is 0. The summed E-state index contributed by atoms with van der Waals surface area (Å²) in [5.74, 6) is 0.889. The van der Waals surface area contributed by atoms with Gasteiger partial charge in [0.25, 0.3) is 0 Å². The number of para-hydroxylation sites is 2. The van der Waals surface area contributed by atoms with E-state index in [-0.39, 0.29) is 0 Å². The van der Waals surface area contributed by atoms with Crippen molar-refractivity contribution in [2.24, 2.45) is 0 Å². The molecule has 0 bridgehead atoms. The monoisotopic (exact) mass is 246 g/mol. The zero-order valence-corrected chi connectivity index (χ0v) is 9.43. The molecule has 0 aliphatic heterocycles. The molecule has 0 unspecified atom stereocenters. The third-order valence-corrected chi connectivity index (χ3v) is 1.94. The molecular formula is C12H11BO5. The molecule has 5 nitrogen and oxygen atoms in total. The Morgan fingerprint density at radius 2 is 1.06 bits per heavy atom. The summed E-state index contributed by atoms with van der Waals surface area (Å²) < 4.78 is 0. The average molecular weight is 246 g/mol. The molecule has 92 valence electrons. The molecule has 0 saturated heterocycles. The van der Waals surface area contributed by atoms with Crippen molar-refractivity contribution in [1.29, 1.82) is 0 Å². The Bertz CT molecular complexity index is 407. The van der Waals surface area contributed by atoms with Gasteiger partial charge in [-0.05, 0) is 24.3 Å². The Kier molecular flexibility index (Phi) is 4.60. The van der Waals surface area contributed by atoms with Crippen molar-refractivity contribution in [2.45, 2.75) is 0 Å². The van der Waals surface area contributed by atoms with E-state index in [0.29, 0.717) is 11.5 Å². The van der Waals surface area contributed by atoms with E-state index in [1.54, 1.807) is 48.5 Å². The van der Waals surface area contributed by atoms with Crippen LogP contribution in [0.3, 0.4) is 0 Å². The summed E-state index contributed by atoms with van der Waals surface area (Å²) >= 11 is 0. The number of rotatable bonds is 6. The molecule has 0 aromatic heterocycles. The smallest absolute Gasteiger partial charge is 0.398 e. The van der Waals surface area contributed by atoms with Crippen LogP contribution in [0, 0.1) is 0 Å². The molecule has 0 atom stereocenters. The third kappa shape index (κ3) is 4.10. The molecule has 0 radical (unpaired) electrons. The van der Waals surface area contributed by atoms with Gasteiger partial charge in [0.2, 0.25) is 0 Å². The number of hydrogen-bond acceptors (Lipinski definition) is 5. The highest BCUT2D eigenvalue weighted by atomic mass is 17.3. The van der Waals surface area contributed by atoms with Crippen LogP contribution in [-0.2, 0) is 9.61 Å². The van der Waals surface area contributed by atoms with E-state index in [9.17, 15) is 5.02 Å². The largest absolute Gasteiger partial charge is 0.713 e. The van der Waals surface area contributed by atoms with Gasteiger partial charge in [-0.15, -0.1) is 0 Å². The van der Waals surface area contributed by atoms with Crippen molar-refractivity contribution in [2.75, 3.05) is 0 Å². The van der Waals surface area contributed by atoms with E-state index in [1.165, 1.54) is 0 Å². The van der Waals surface area contributed by atoms with Crippen LogP contribution in [-0.4, -0.2) is 12.3 Å². The van der Waals surface area contributed by atoms with Crippen molar-refractivity contribution < 1.29 is 24.4 Å². The Balaban J connectivity index is 1.71. The molecule has 18 heavy (non-hydrogen) atoms. The average Bonchev–Trinajstić information content (AvgIpc) is 2.45. The van der Waals surface area contributed by atoms with Crippen molar-refractivity contribution in [1.82, 2.24) is 0 Å². The van der Waals surface area contributed by atoms with Crippen LogP contribution in [0.5, 0.6) is 11.5 Å². The van der Waals surface area contributed by atoms with E-state index in [4.69, 9.17) is 9.78 Å². The van der Waals surface area contributed by atoms with Crippen molar-refractivity contribution in [3.63, 3.8) is 0 Å². The topological polar surface area (TPSA) is 57.2 Å². The standard InChI is InChI=1S/C12H11BO5/c14-13(17-15-11-7-3-1-4-8-11)18-16-12-9-5-2-6-10-12/h1-10,14H. The number of hydrogen-bond donors (Lipinski definition) is 1. The normalized spacial score (nSPS) is 9.83. The zero-order chi connectivity index (χ0) is 12.6. The first-order chi connectivity index (χ1) is 8.84. The second kappa shape index (κ2) is 6.66. The van der Waals surface area contributed by atoms with Crippen LogP contribution in [0.2, 0.25) is 0 Å². The highest BCUT2D eigenvalue weighted by molar-refractivity contribution is 6.33. The van der Waals surface area contributed by atoms with E-state index in [2.05, 4.69) is 9.61 Å². The van der Waals surface area contributed by atoms with Gasteiger partial charge in [-0.2, -0.15) is 9.61 Å². The second-order valence-corrected chi connectivity index (χ2v) is 3.29. The lowest BCUT2D eigenvalue weighted by Crippen LogP contribution is -2.26. The molecule has 0 heterocycles. The number of benzene rings is 2. The lowest BCUT2D eigenvalue weighted by atomic mass is 10.3. The summed E-state index contributed by atoms with van der Waals surface area (Å²) in [4.78, 5) is 18.7. The maximum atomic E-state index is 9.28. The van der Waals surface area contributed by atoms with E-state index in [1.807, 2.05) is 12.1 Å². The molecule has 2 aromatic rings. The SMILES string of the molecule is OB(OOc1ccccc1)OOc1ccccc1. The van der Waals surface area contributed by atoms with E-state index < -0.39 is 7.32 Å². The molecule has 0 fully saturated rings. The van der Waals surface area contributed by atoms with Crippen molar-refractivity contribution >= 4 is 7.32 Å². The quantitative estimate of drug-likeness (QED) is 0.479. The van der Waals surface area contributed by atoms with Crippen LogP contribution < -0.4 is 9.78 Å². The molecule has 2 rings (SSSR count). The minimum atomic E-state index is -1.65. The fourth-order valence-corrected chi connectivity index (χ4v) is 1.16. The highest BCUT2D eigenvalue weighted by Crippen LogP contribution is 2.11. The minimum absolute atomic E-state index is 0.444. The van der Waals surface area contributed by atoms with Gasteiger partial charge in [-0.25, -0.2) is 0 Å². The zero-order valence-electron chi connectivity index (χ0n) is 9.43. The molecule has 2 aromatic carbocycles. The van der Waals surface area contributed by atoms with E-state index >= 15 is 0 Å². The van der Waals surface area contributed by atoms with Gasteiger partial charge >= 0.3 is 7.32 Å². The van der Waals surface area contributed by atoms with Gasteiger partial charge < -0.3 is 14.8 Å². The van der Waals surface area contributed by atoms with Gasteiger partial charge in [-0.3, -0.25) is 0 Å². The van der Waals surface area contributed by atoms with Crippen molar-refractivity contribution in [3.05, 3.63) is 60.7 Å². The Morgan fingerprint density at radius 1 is 0.667 bits per heavy atom. The van der Waals surface area contributed by atoms with Gasteiger partial charge in [-0.1, -0.05) is 36.4 Å². The molecule has 1 N–H and O–H groups in total. The second-order valence-electron chi connectivity index (χ2n) is 3.29. The summed E-state index contributed by atoms with van der Waals surface area (Å²) in [7, 11) is -1.65. The molecule has 0 aliphatic rings. The maximum Gasteiger partial charge on any atom is 0.713 e. The Morgan fingerprint density at radius 3 is 1.44 bits per heavy atom. The Labute approximate surface area is 105 Å². The molecule has 0 amide bonds. The fourth-order valence-electron chi connectivity index (χ4n) is 1.16. The van der Waals surface area contributed by atoms with Gasteiger partial charge in [0.15, 0.2) is 11.5 Å². The predicted octanol–water partition coefficient (Wildman–Crippen LogP) is 1.98.